The average Bonchev–Trinajstić information content (AvgIpc) is 3.19. The van der Waals surface area contributed by atoms with Crippen molar-refractivity contribution < 1.29 is 22.7 Å². The number of piperazine rings is 1. The topological polar surface area (TPSA) is 103 Å². The molecular formula is C23H27N3O5S. The molecule has 170 valence electrons. The zero-order valence-corrected chi connectivity index (χ0v) is 19.1. The monoisotopic (exact) mass is 457 g/mol. The van der Waals surface area contributed by atoms with Crippen LogP contribution in [0, 0.1) is 6.92 Å². The van der Waals surface area contributed by atoms with Crippen molar-refractivity contribution in [3.63, 3.8) is 0 Å². The second-order valence-corrected chi connectivity index (χ2v) is 10.1. The third kappa shape index (κ3) is 4.31. The van der Waals surface area contributed by atoms with E-state index in [0.29, 0.717) is 36.5 Å². The second-order valence-electron chi connectivity index (χ2n) is 8.41. The molecule has 1 aliphatic rings. The number of carboxylic acid groups (broad SMARTS) is 1. The van der Waals surface area contributed by atoms with E-state index in [1.807, 2.05) is 13.8 Å². The molecule has 0 aliphatic carbocycles. The minimum absolute atomic E-state index is 0.0135. The average molecular weight is 458 g/mol. The molecule has 3 aromatic rings. The number of nitrogens with zero attached hydrogens (tertiary/aromatic N) is 2. The quantitative estimate of drug-likeness (QED) is 0.598. The number of anilines is 1. The van der Waals surface area contributed by atoms with Gasteiger partial charge in [0.25, 0.3) is 10.0 Å². The van der Waals surface area contributed by atoms with E-state index in [4.69, 9.17) is 4.42 Å². The van der Waals surface area contributed by atoms with Gasteiger partial charge in [-0.2, -0.15) is 0 Å². The predicted octanol–water partition coefficient (Wildman–Crippen LogP) is 4.11. The van der Waals surface area contributed by atoms with Crippen molar-refractivity contribution in [2.45, 2.75) is 44.3 Å². The molecule has 0 radical (unpaired) electrons. The number of rotatable bonds is 5. The van der Waals surface area contributed by atoms with Crippen LogP contribution in [0.1, 0.15) is 25.0 Å². The van der Waals surface area contributed by atoms with Crippen LogP contribution in [0.3, 0.4) is 0 Å². The third-order valence-electron chi connectivity index (χ3n) is 6.00. The summed E-state index contributed by atoms with van der Waals surface area (Å²) in [5.74, 6) is 0. The molecule has 4 rings (SSSR count). The molecule has 2 atom stereocenters. The summed E-state index contributed by atoms with van der Waals surface area (Å²) < 4.78 is 34.4. The van der Waals surface area contributed by atoms with Gasteiger partial charge in [-0.3, -0.25) is 9.62 Å². The third-order valence-corrected chi connectivity index (χ3v) is 7.54. The van der Waals surface area contributed by atoms with Crippen molar-refractivity contribution in [3.05, 3.63) is 59.9 Å². The van der Waals surface area contributed by atoms with Gasteiger partial charge < -0.3 is 14.4 Å². The van der Waals surface area contributed by atoms with E-state index in [-0.39, 0.29) is 17.0 Å². The molecule has 9 heteroatoms. The van der Waals surface area contributed by atoms with Crippen LogP contribution in [0.25, 0.3) is 11.0 Å². The molecule has 0 spiro atoms. The molecule has 1 fully saturated rings. The standard InChI is InChI=1S/C23H27N3O5S/c1-15-6-4-5-7-21(15)32(29,30)24-20-10-18-8-9-31-22(18)19(11-20)14-25-12-17(3)26(23(27)28)13-16(25)2/h4-11,16-17,24H,12-14H2,1-3H3,(H,27,28)/t16-,17+/m0/s1. The fourth-order valence-corrected chi connectivity index (χ4v) is 5.59. The van der Waals surface area contributed by atoms with Gasteiger partial charge in [-0.25, -0.2) is 13.2 Å². The minimum Gasteiger partial charge on any atom is -0.465 e. The summed E-state index contributed by atoms with van der Waals surface area (Å²) in [4.78, 5) is 15.3. The lowest BCUT2D eigenvalue weighted by molar-refractivity contribution is 0.0398. The van der Waals surface area contributed by atoms with Gasteiger partial charge >= 0.3 is 6.09 Å². The number of nitrogens with one attached hydrogen (secondary N) is 1. The number of hydrogen-bond acceptors (Lipinski definition) is 5. The molecule has 2 N–H and O–H groups in total. The summed E-state index contributed by atoms with van der Waals surface area (Å²) in [7, 11) is -3.75. The summed E-state index contributed by atoms with van der Waals surface area (Å²) in [5, 5.41) is 10.2. The predicted molar refractivity (Wildman–Crippen MR) is 122 cm³/mol. The Morgan fingerprint density at radius 2 is 1.91 bits per heavy atom. The Kier molecular flexibility index (Phi) is 5.87. The summed E-state index contributed by atoms with van der Waals surface area (Å²) >= 11 is 0. The molecule has 2 aromatic carbocycles. The molecule has 32 heavy (non-hydrogen) atoms. The van der Waals surface area contributed by atoms with Crippen molar-refractivity contribution in [1.29, 1.82) is 0 Å². The van der Waals surface area contributed by atoms with E-state index >= 15 is 0 Å². The van der Waals surface area contributed by atoms with Gasteiger partial charge in [-0.1, -0.05) is 18.2 Å². The summed E-state index contributed by atoms with van der Waals surface area (Å²) in [6, 6.07) is 12.1. The molecule has 0 unspecified atom stereocenters. The van der Waals surface area contributed by atoms with Crippen LogP contribution < -0.4 is 4.72 Å². The zero-order chi connectivity index (χ0) is 23.0. The highest BCUT2D eigenvalue weighted by atomic mass is 32.2. The van der Waals surface area contributed by atoms with Crippen LogP contribution in [0.2, 0.25) is 0 Å². The molecular weight excluding hydrogens is 430 g/mol. The number of furan rings is 1. The number of aryl methyl sites for hydroxylation is 1. The van der Waals surface area contributed by atoms with E-state index in [1.54, 1.807) is 55.7 Å². The lowest BCUT2D eigenvalue weighted by Gasteiger charge is -2.42. The lowest BCUT2D eigenvalue weighted by atomic mass is 10.1. The van der Waals surface area contributed by atoms with Gasteiger partial charge in [0, 0.05) is 42.7 Å². The maximum atomic E-state index is 13.0. The van der Waals surface area contributed by atoms with Crippen molar-refractivity contribution in [3.8, 4) is 0 Å². The Hall–Kier alpha value is -3.04. The summed E-state index contributed by atoms with van der Waals surface area (Å²) in [6.07, 6.45) is 0.674. The number of benzene rings is 2. The van der Waals surface area contributed by atoms with Crippen LogP contribution in [0.4, 0.5) is 10.5 Å². The number of hydrogen-bond donors (Lipinski definition) is 2. The smallest absolute Gasteiger partial charge is 0.407 e. The minimum atomic E-state index is -3.75. The van der Waals surface area contributed by atoms with Crippen LogP contribution in [0.5, 0.6) is 0 Å². The number of fused-ring (bicyclic) bond motifs is 1. The highest BCUT2D eigenvalue weighted by Gasteiger charge is 2.32. The molecule has 1 amide bonds. The molecule has 0 bridgehead atoms. The van der Waals surface area contributed by atoms with Crippen molar-refractivity contribution in [1.82, 2.24) is 9.80 Å². The fourth-order valence-electron chi connectivity index (χ4n) is 4.30. The second kappa shape index (κ2) is 8.48. The number of sulfonamides is 1. The molecule has 1 aliphatic heterocycles. The Morgan fingerprint density at radius 3 is 2.62 bits per heavy atom. The highest BCUT2D eigenvalue weighted by Crippen LogP contribution is 2.29. The van der Waals surface area contributed by atoms with E-state index in [9.17, 15) is 18.3 Å². The first-order chi connectivity index (χ1) is 15.2. The Labute approximate surface area is 187 Å². The molecule has 8 nitrogen and oxygen atoms in total. The summed E-state index contributed by atoms with van der Waals surface area (Å²) in [5.41, 5.74) is 2.67. The fraction of sp³-hybridized carbons (Fsp3) is 0.348. The highest BCUT2D eigenvalue weighted by molar-refractivity contribution is 7.92. The van der Waals surface area contributed by atoms with Crippen molar-refractivity contribution >= 4 is 32.8 Å². The van der Waals surface area contributed by atoms with E-state index < -0.39 is 16.1 Å². The van der Waals surface area contributed by atoms with Gasteiger partial charge in [0.15, 0.2) is 0 Å². The lowest BCUT2D eigenvalue weighted by Crippen LogP contribution is -2.57. The molecule has 2 heterocycles. The Bertz CT molecular complexity index is 1250. The molecule has 0 saturated carbocycles. The maximum absolute atomic E-state index is 13.0. The Morgan fingerprint density at radius 1 is 1.16 bits per heavy atom. The van der Waals surface area contributed by atoms with Crippen molar-refractivity contribution in [2.24, 2.45) is 0 Å². The zero-order valence-electron chi connectivity index (χ0n) is 18.3. The van der Waals surface area contributed by atoms with Gasteiger partial charge in [0.1, 0.15) is 5.58 Å². The van der Waals surface area contributed by atoms with E-state index in [1.165, 1.54) is 4.90 Å². The van der Waals surface area contributed by atoms with Gasteiger partial charge in [0.2, 0.25) is 0 Å². The first-order valence-corrected chi connectivity index (χ1v) is 12.0. The van der Waals surface area contributed by atoms with Crippen LogP contribution in [-0.4, -0.2) is 54.6 Å². The normalized spacial score (nSPS) is 19.9. The maximum Gasteiger partial charge on any atom is 0.407 e. The van der Waals surface area contributed by atoms with Crippen LogP contribution in [0.15, 0.2) is 58.0 Å². The first-order valence-electron chi connectivity index (χ1n) is 10.5. The largest absolute Gasteiger partial charge is 0.465 e. The van der Waals surface area contributed by atoms with E-state index in [0.717, 1.165) is 10.9 Å². The number of amides is 1. The number of carbonyl (C=O) groups is 1. The summed E-state index contributed by atoms with van der Waals surface area (Å²) in [6.45, 7) is 7.15. The first kappa shape index (κ1) is 22.2. The van der Waals surface area contributed by atoms with Gasteiger partial charge in [-0.05, 0) is 50.6 Å². The Balaban J connectivity index is 1.63. The van der Waals surface area contributed by atoms with Crippen LogP contribution >= 0.6 is 0 Å². The molecule has 1 aromatic heterocycles. The van der Waals surface area contributed by atoms with Crippen LogP contribution in [-0.2, 0) is 16.6 Å². The SMILES string of the molecule is Cc1ccccc1S(=O)(=O)Nc1cc(CN2C[C@@H](C)N(C(=O)O)C[C@@H]2C)c2occc2c1. The molecule has 1 saturated heterocycles. The van der Waals surface area contributed by atoms with E-state index in [2.05, 4.69) is 9.62 Å². The van der Waals surface area contributed by atoms with Gasteiger partial charge in [0.05, 0.1) is 16.8 Å². The van der Waals surface area contributed by atoms with Crippen molar-refractivity contribution in [2.75, 3.05) is 17.8 Å². The van der Waals surface area contributed by atoms with Gasteiger partial charge in [-0.15, -0.1) is 0 Å².